The summed E-state index contributed by atoms with van der Waals surface area (Å²) in [5.41, 5.74) is 5.30. The standard InChI is InChI=1S/C21H28ClN/c1-6-15-23-19-12-10-9-11-17(19)21(4,5)20(23)14-13-16(7-2)18(22)8-3/h8-14H,6-7,15H2,1-5H3/b16-13+,18-8+,20-14+. The van der Waals surface area contributed by atoms with Gasteiger partial charge in [0.2, 0.25) is 0 Å². The molecule has 0 aromatic heterocycles. The molecule has 0 radical (unpaired) electrons. The molecule has 0 atom stereocenters. The van der Waals surface area contributed by atoms with Crippen molar-refractivity contribution in [1.29, 1.82) is 0 Å². The van der Waals surface area contributed by atoms with E-state index >= 15 is 0 Å². The zero-order valence-corrected chi connectivity index (χ0v) is 15.7. The molecule has 0 N–H and O–H groups in total. The van der Waals surface area contributed by atoms with E-state index < -0.39 is 0 Å². The highest BCUT2D eigenvalue weighted by Gasteiger charge is 2.39. The highest BCUT2D eigenvalue weighted by Crippen LogP contribution is 2.47. The van der Waals surface area contributed by atoms with Gasteiger partial charge in [-0.1, -0.05) is 69.6 Å². The van der Waals surface area contributed by atoms with E-state index in [0.717, 1.165) is 24.4 Å². The van der Waals surface area contributed by atoms with Crippen molar-refractivity contribution in [3.05, 3.63) is 64.4 Å². The summed E-state index contributed by atoms with van der Waals surface area (Å²) >= 11 is 6.32. The van der Waals surface area contributed by atoms with Gasteiger partial charge in [-0.2, -0.15) is 0 Å². The zero-order valence-electron chi connectivity index (χ0n) is 15.0. The van der Waals surface area contributed by atoms with Gasteiger partial charge in [0.05, 0.1) is 0 Å². The van der Waals surface area contributed by atoms with Crippen LogP contribution in [0.15, 0.2) is 58.8 Å². The fourth-order valence-corrected chi connectivity index (χ4v) is 3.53. The molecule has 0 amide bonds. The van der Waals surface area contributed by atoms with Crippen LogP contribution in [0.5, 0.6) is 0 Å². The maximum absolute atomic E-state index is 6.32. The first-order chi connectivity index (χ1) is 11.0. The number of hydrogen-bond acceptors (Lipinski definition) is 1. The van der Waals surface area contributed by atoms with Crippen LogP contribution in [0.4, 0.5) is 5.69 Å². The topological polar surface area (TPSA) is 3.24 Å². The van der Waals surface area contributed by atoms with Gasteiger partial charge in [-0.25, -0.2) is 0 Å². The molecule has 1 aliphatic rings. The quantitative estimate of drug-likeness (QED) is 0.553. The van der Waals surface area contributed by atoms with Gasteiger partial charge in [-0.15, -0.1) is 0 Å². The van der Waals surface area contributed by atoms with E-state index in [4.69, 9.17) is 11.6 Å². The number of rotatable bonds is 5. The van der Waals surface area contributed by atoms with Crippen molar-refractivity contribution in [2.45, 2.75) is 52.9 Å². The number of hydrogen-bond donors (Lipinski definition) is 0. The third kappa shape index (κ3) is 3.40. The van der Waals surface area contributed by atoms with Crippen molar-refractivity contribution >= 4 is 17.3 Å². The van der Waals surface area contributed by atoms with Crippen LogP contribution < -0.4 is 4.90 Å². The number of benzene rings is 1. The van der Waals surface area contributed by atoms with E-state index in [1.54, 1.807) is 0 Å². The fraction of sp³-hybridized carbons (Fsp3) is 0.429. The summed E-state index contributed by atoms with van der Waals surface area (Å²) in [6.07, 6.45) is 8.48. The van der Waals surface area contributed by atoms with Gasteiger partial charge < -0.3 is 4.90 Å². The van der Waals surface area contributed by atoms with Gasteiger partial charge in [0.1, 0.15) is 0 Å². The lowest BCUT2D eigenvalue weighted by Gasteiger charge is -2.26. The summed E-state index contributed by atoms with van der Waals surface area (Å²) in [5.74, 6) is 0. The van der Waals surface area contributed by atoms with Crippen LogP contribution in [0.2, 0.25) is 0 Å². The van der Waals surface area contributed by atoms with Gasteiger partial charge in [-0.3, -0.25) is 0 Å². The van der Waals surface area contributed by atoms with E-state index in [0.29, 0.717) is 0 Å². The molecule has 1 aromatic carbocycles. The van der Waals surface area contributed by atoms with Crippen LogP contribution in [0.1, 0.15) is 53.0 Å². The average molecular weight is 330 g/mol. The Balaban J connectivity index is 2.52. The van der Waals surface area contributed by atoms with Crippen LogP contribution >= 0.6 is 11.6 Å². The Morgan fingerprint density at radius 2 is 1.91 bits per heavy atom. The smallest absolute Gasteiger partial charge is 0.0450 e. The SMILES string of the molecule is C\C=C(Cl)/C(=C/C=C1/N(CCC)c2ccccc2C1(C)C)CC. The molecule has 0 saturated carbocycles. The van der Waals surface area contributed by atoms with Crippen LogP contribution in [0, 0.1) is 0 Å². The van der Waals surface area contributed by atoms with Crippen LogP contribution in [-0.2, 0) is 5.41 Å². The second-order valence-corrected chi connectivity index (χ2v) is 6.93. The van der Waals surface area contributed by atoms with Crippen LogP contribution in [0.3, 0.4) is 0 Å². The van der Waals surface area contributed by atoms with Crippen LogP contribution in [0.25, 0.3) is 0 Å². The van der Waals surface area contributed by atoms with Crippen molar-refractivity contribution in [3.8, 4) is 0 Å². The fourth-order valence-electron chi connectivity index (χ4n) is 3.34. The summed E-state index contributed by atoms with van der Waals surface area (Å²) in [6.45, 7) is 12.0. The second-order valence-electron chi connectivity index (χ2n) is 6.53. The summed E-state index contributed by atoms with van der Waals surface area (Å²) in [5, 5.41) is 0.847. The Bertz CT molecular complexity index is 650. The molecule has 23 heavy (non-hydrogen) atoms. The first-order valence-electron chi connectivity index (χ1n) is 8.57. The van der Waals surface area contributed by atoms with E-state index in [1.807, 2.05) is 13.0 Å². The molecule has 1 aromatic rings. The predicted molar refractivity (Wildman–Crippen MR) is 103 cm³/mol. The molecular formula is C21H28ClN. The van der Waals surface area contributed by atoms with Gasteiger partial charge in [0, 0.05) is 28.4 Å². The number of allylic oxidation sites excluding steroid dienone is 6. The van der Waals surface area contributed by atoms with E-state index in [1.165, 1.54) is 22.5 Å². The molecule has 0 bridgehead atoms. The first-order valence-corrected chi connectivity index (χ1v) is 8.95. The monoisotopic (exact) mass is 329 g/mol. The largest absolute Gasteiger partial charge is 0.344 e. The highest BCUT2D eigenvalue weighted by molar-refractivity contribution is 6.31. The third-order valence-electron chi connectivity index (χ3n) is 4.63. The summed E-state index contributed by atoms with van der Waals surface area (Å²) < 4.78 is 0. The minimum atomic E-state index is 0.0174. The molecule has 1 aliphatic heterocycles. The van der Waals surface area contributed by atoms with Crippen molar-refractivity contribution < 1.29 is 0 Å². The minimum Gasteiger partial charge on any atom is -0.344 e. The second kappa shape index (κ2) is 7.40. The van der Waals surface area contributed by atoms with Gasteiger partial charge in [0.15, 0.2) is 0 Å². The van der Waals surface area contributed by atoms with E-state index in [-0.39, 0.29) is 5.41 Å². The zero-order chi connectivity index (χ0) is 17.0. The molecular weight excluding hydrogens is 302 g/mol. The first kappa shape index (κ1) is 17.9. The minimum absolute atomic E-state index is 0.0174. The molecule has 0 fully saturated rings. The van der Waals surface area contributed by atoms with Gasteiger partial charge >= 0.3 is 0 Å². The van der Waals surface area contributed by atoms with Crippen molar-refractivity contribution in [2.24, 2.45) is 0 Å². The normalized spacial score (nSPS) is 19.4. The number of para-hydroxylation sites is 1. The molecule has 0 saturated heterocycles. The summed E-state index contributed by atoms with van der Waals surface area (Å²) in [4.78, 5) is 2.46. The molecule has 0 unspecified atom stereocenters. The molecule has 2 heteroatoms. The summed E-state index contributed by atoms with van der Waals surface area (Å²) in [7, 11) is 0. The Kier molecular flexibility index (Phi) is 5.75. The molecule has 124 valence electrons. The van der Waals surface area contributed by atoms with Crippen molar-refractivity contribution in [1.82, 2.24) is 0 Å². The maximum atomic E-state index is 6.32. The number of fused-ring (bicyclic) bond motifs is 1. The number of nitrogens with zero attached hydrogens (tertiary/aromatic N) is 1. The third-order valence-corrected chi connectivity index (χ3v) is 5.09. The lowest BCUT2D eigenvalue weighted by Crippen LogP contribution is -2.26. The Morgan fingerprint density at radius 1 is 1.22 bits per heavy atom. The predicted octanol–water partition coefficient (Wildman–Crippen LogP) is 6.56. The lowest BCUT2D eigenvalue weighted by atomic mass is 9.83. The number of halogens is 1. The van der Waals surface area contributed by atoms with Crippen molar-refractivity contribution in [2.75, 3.05) is 11.4 Å². The van der Waals surface area contributed by atoms with Crippen molar-refractivity contribution in [3.63, 3.8) is 0 Å². The van der Waals surface area contributed by atoms with Gasteiger partial charge in [-0.05, 0) is 43.0 Å². The lowest BCUT2D eigenvalue weighted by molar-refractivity contribution is 0.629. The van der Waals surface area contributed by atoms with Gasteiger partial charge in [0.25, 0.3) is 0 Å². The molecule has 0 aliphatic carbocycles. The molecule has 0 spiro atoms. The number of anilines is 1. The maximum Gasteiger partial charge on any atom is 0.0450 e. The van der Waals surface area contributed by atoms with E-state index in [9.17, 15) is 0 Å². The Morgan fingerprint density at radius 3 is 2.52 bits per heavy atom. The van der Waals surface area contributed by atoms with Crippen LogP contribution in [-0.4, -0.2) is 6.54 Å². The Hall–Kier alpha value is -1.47. The summed E-state index contributed by atoms with van der Waals surface area (Å²) in [6, 6.07) is 8.75. The molecule has 2 rings (SSSR count). The van der Waals surface area contributed by atoms with E-state index in [2.05, 4.69) is 69.0 Å². The molecule has 1 nitrogen and oxygen atoms in total. The Labute approximate surface area is 146 Å². The molecule has 1 heterocycles. The highest BCUT2D eigenvalue weighted by atomic mass is 35.5. The average Bonchev–Trinajstić information content (AvgIpc) is 2.76.